The van der Waals surface area contributed by atoms with Crippen LogP contribution >= 0.6 is 0 Å². The molecule has 1 heterocycles. The highest BCUT2D eigenvalue weighted by Gasteiger charge is 2.24. The van der Waals surface area contributed by atoms with Crippen LogP contribution in [0.25, 0.3) is 0 Å². The van der Waals surface area contributed by atoms with Crippen LogP contribution in [0.2, 0.25) is 0 Å². The summed E-state index contributed by atoms with van der Waals surface area (Å²) >= 11 is 0. The summed E-state index contributed by atoms with van der Waals surface area (Å²) in [7, 11) is 0. The number of hydrogen-bond donors (Lipinski definition) is 2. The lowest BCUT2D eigenvalue weighted by atomic mass is 10.00. The topological polar surface area (TPSA) is 41.1 Å². The van der Waals surface area contributed by atoms with E-state index < -0.39 is 0 Å². The normalized spacial score (nSPS) is 27.3. The van der Waals surface area contributed by atoms with Crippen molar-refractivity contribution in [3.8, 4) is 0 Å². The third-order valence-electron chi connectivity index (χ3n) is 3.16. The van der Waals surface area contributed by atoms with Gasteiger partial charge in [-0.05, 0) is 50.6 Å². The van der Waals surface area contributed by atoms with Gasteiger partial charge in [0.25, 0.3) is 0 Å². The average Bonchev–Trinajstić information content (AvgIpc) is 3.00. The van der Waals surface area contributed by atoms with Crippen molar-refractivity contribution in [1.82, 2.24) is 10.6 Å². The molecule has 2 rings (SSSR count). The largest absolute Gasteiger partial charge is 0.356 e. The standard InChI is InChI=1S/C11H20N2O/c14-11(6-9-3-4-9)13-8-10-2-1-5-12-7-10/h9-10,12H,1-8H2,(H,13,14). The van der Waals surface area contributed by atoms with Crippen LogP contribution in [0.15, 0.2) is 0 Å². The Morgan fingerprint density at radius 3 is 2.79 bits per heavy atom. The molecule has 2 aliphatic rings. The molecule has 1 aliphatic carbocycles. The quantitative estimate of drug-likeness (QED) is 0.701. The summed E-state index contributed by atoms with van der Waals surface area (Å²) in [5.74, 6) is 1.63. The Balaban J connectivity index is 1.57. The molecule has 1 atom stereocenters. The summed E-state index contributed by atoms with van der Waals surface area (Å²) < 4.78 is 0. The molecule has 1 saturated carbocycles. The summed E-state index contributed by atoms with van der Waals surface area (Å²) in [5, 5.41) is 6.41. The number of rotatable bonds is 4. The lowest BCUT2D eigenvalue weighted by molar-refractivity contribution is -0.121. The number of hydrogen-bond acceptors (Lipinski definition) is 2. The van der Waals surface area contributed by atoms with Gasteiger partial charge in [0.1, 0.15) is 0 Å². The van der Waals surface area contributed by atoms with E-state index in [0.29, 0.717) is 11.8 Å². The highest BCUT2D eigenvalue weighted by Crippen LogP contribution is 2.32. The van der Waals surface area contributed by atoms with Gasteiger partial charge in [-0.3, -0.25) is 4.79 Å². The Labute approximate surface area is 85.6 Å². The minimum Gasteiger partial charge on any atom is -0.356 e. The first-order valence-corrected chi connectivity index (χ1v) is 5.82. The molecule has 14 heavy (non-hydrogen) atoms. The third kappa shape index (κ3) is 3.29. The van der Waals surface area contributed by atoms with E-state index in [1.54, 1.807) is 0 Å². The van der Waals surface area contributed by atoms with Crippen molar-refractivity contribution in [1.29, 1.82) is 0 Å². The molecule has 1 unspecified atom stereocenters. The van der Waals surface area contributed by atoms with Crippen LogP contribution in [0.4, 0.5) is 0 Å². The van der Waals surface area contributed by atoms with Gasteiger partial charge in [0.2, 0.25) is 5.91 Å². The van der Waals surface area contributed by atoms with Crippen molar-refractivity contribution in [3.05, 3.63) is 0 Å². The zero-order valence-electron chi connectivity index (χ0n) is 8.72. The number of amides is 1. The van der Waals surface area contributed by atoms with E-state index in [4.69, 9.17) is 0 Å². The second-order valence-corrected chi connectivity index (χ2v) is 4.66. The second-order valence-electron chi connectivity index (χ2n) is 4.66. The van der Waals surface area contributed by atoms with E-state index in [9.17, 15) is 4.79 Å². The van der Waals surface area contributed by atoms with Crippen molar-refractivity contribution >= 4 is 5.91 Å². The van der Waals surface area contributed by atoms with Crippen LogP contribution < -0.4 is 10.6 Å². The zero-order chi connectivity index (χ0) is 9.80. The monoisotopic (exact) mass is 196 g/mol. The van der Waals surface area contributed by atoms with Crippen LogP contribution in [0, 0.1) is 11.8 Å². The van der Waals surface area contributed by atoms with Gasteiger partial charge in [0.15, 0.2) is 0 Å². The molecule has 0 aromatic carbocycles. The molecule has 3 heteroatoms. The van der Waals surface area contributed by atoms with E-state index in [-0.39, 0.29) is 5.91 Å². The van der Waals surface area contributed by atoms with Crippen molar-refractivity contribution < 1.29 is 4.79 Å². The van der Waals surface area contributed by atoms with Crippen molar-refractivity contribution in [3.63, 3.8) is 0 Å². The average molecular weight is 196 g/mol. The Morgan fingerprint density at radius 2 is 2.14 bits per heavy atom. The molecule has 80 valence electrons. The summed E-state index contributed by atoms with van der Waals surface area (Å²) in [6.07, 6.45) is 5.80. The Morgan fingerprint density at radius 1 is 1.29 bits per heavy atom. The Kier molecular flexibility index (Phi) is 3.40. The van der Waals surface area contributed by atoms with Crippen LogP contribution in [0.3, 0.4) is 0 Å². The van der Waals surface area contributed by atoms with Gasteiger partial charge < -0.3 is 10.6 Å². The molecule has 0 bridgehead atoms. The summed E-state index contributed by atoms with van der Waals surface area (Å²) in [6.45, 7) is 3.09. The summed E-state index contributed by atoms with van der Waals surface area (Å²) in [6, 6.07) is 0. The van der Waals surface area contributed by atoms with Crippen molar-refractivity contribution in [2.75, 3.05) is 19.6 Å². The van der Waals surface area contributed by atoms with Crippen LogP contribution in [-0.4, -0.2) is 25.5 Å². The first-order valence-electron chi connectivity index (χ1n) is 5.82. The molecule has 0 radical (unpaired) electrons. The zero-order valence-corrected chi connectivity index (χ0v) is 8.72. The van der Waals surface area contributed by atoms with Crippen LogP contribution in [0.1, 0.15) is 32.1 Å². The molecule has 0 aromatic rings. The molecule has 2 fully saturated rings. The molecule has 2 N–H and O–H groups in total. The maximum atomic E-state index is 11.4. The molecule has 1 aliphatic heterocycles. The predicted octanol–water partition coefficient (Wildman–Crippen LogP) is 0.902. The lowest BCUT2D eigenvalue weighted by Crippen LogP contribution is -2.38. The van der Waals surface area contributed by atoms with Gasteiger partial charge in [0.05, 0.1) is 0 Å². The predicted molar refractivity (Wildman–Crippen MR) is 55.9 cm³/mol. The van der Waals surface area contributed by atoms with Gasteiger partial charge in [-0.1, -0.05) is 0 Å². The van der Waals surface area contributed by atoms with Gasteiger partial charge >= 0.3 is 0 Å². The molecule has 0 aromatic heterocycles. The number of nitrogens with one attached hydrogen (secondary N) is 2. The Hall–Kier alpha value is -0.570. The van der Waals surface area contributed by atoms with Gasteiger partial charge in [0, 0.05) is 13.0 Å². The maximum absolute atomic E-state index is 11.4. The minimum absolute atomic E-state index is 0.262. The van der Waals surface area contributed by atoms with Crippen LogP contribution in [0.5, 0.6) is 0 Å². The molecular formula is C11H20N2O. The van der Waals surface area contributed by atoms with E-state index in [2.05, 4.69) is 10.6 Å². The number of carbonyl (C=O) groups is 1. The van der Waals surface area contributed by atoms with Gasteiger partial charge in [-0.25, -0.2) is 0 Å². The lowest BCUT2D eigenvalue weighted by Gasteiger charge is -2.22. The number of piperidine rings is 1. The van der Waals surface area contributed by atoms with Crippen LogP contribution in [-0.2, 0) is 4.79 Å². The molecule has 1 amide bonds. The minimum atomic E-state index is 0.262. The van der Waals surface area contributed by atoms with Gasteiger partial charge in [-0.2, -0.15) is 0 Å². The van der Waals surface area contributed by atoms with Crippen molar-refractivity contribution in [2.24, 2.45) is 11.8 Å². The van der Waals surface area contributed by atoms with E-state index in [1.807, 2.05) is 0 Å². The first-order chi connectivity index (χ1) is 6.84. The second kappa shape index (κ2) is 4.78. The summed E-state index contributed by atoms with van der Waals surface area (Å²) in [4.78, 5) is 11.4. The van der Waals surface area contributed by atoms with Gasteiger partial charge in [-0.15, -0.1) is 0 Å². The first kappa shape index (κ1) is 9.97. The smallest absolute Gasteiger partial charge is 0.220 e. The van der Waals surface area contributed by atoms with E-state index in [1.165, 1.54) is 25.7 Å². The Bertz CT molecular complexity index is 195. The number of carbonyl (C=O) groups excluding carboxylic acids is 1. The molecule has 1 saturated heterocycles. The highest BCUT2D eigenvalue weighted by atomic mass is 16.1. The summed E-state index contributed by atoms with van der Waals surface area (Å²) in [5.41, 5.74) is 0. The highest BCUT2D eigenvalue weighted by molar-refractivity contribution is 5.76. The van der Waals surface area contributed by atoms with E-state index >= 15 is 0 Å². The SMILES string of the molecule is O=C(CC1CC1)NCC1CCCNC1. The fourth-order valence-electron chi connectivity index (χ4n) is 2.01. The van der Waals surface area contributed by atoms with E-state index in [0.717, 1.165) is 26.1 Å². The maximum Gasteiger partial charge on any atom is 0.220 e. The fraction of sp³-hybridized carbons (Fsp3) is 0.909. The molecular weight excluding hydrogens is 176 g/mol. The molecule has 3 nitrogen and oxygen atoms in total. The third-order valence-corrected chi connectivity index (χ3v) is 3.16. The van der Waals surface area contributed by atoms with Crippen molar-refractivity contribution in [2.45, 2.75) is 32.1 Å². The fourth-order valence-corrected chi connectivity index (χ4v) is 2.01. The molecule has 0 spiro atoms.